The molecule has 0 unspecified atom stereocenters. The molecule has 0 saturated carbocycles. The van der Waals surface area contributed by atoms with E-state index in [1.807, 2.05) is 0 Å². The summed E-state index contributed by atoms with van der Waals surface area (Å²) in [7, 11) is 0. The molecule has 2 aliphatic heterocycles. The quantitative estimate of drug-likeness (QED) is 0.0850. The summed E-state index contributed by atoms with van der Waals surface area (Å²) < 4.78 is 12.3. The van der Waals surface area contributed by atoms with Crippen LogP contribution >= 0.6 is 0 Å². The van der Waals surface area contributed by atoms with Gasteiger partial charge in [-0.05, 0) is 95.2 Å². The van der Waals surface area contributed by atoms with Crippen LogP contribution in [0.3, 0.4) is 0 Å². The Morgan fingerprint density at radius 2 is 0.800 bits per heavy atom. The van der Waals surface area contributed by atoms with Gasteiger partial charge in [0, 0.05) is 47.8 Å². The Morgan fingerprint density at radius 3 is 1.09 bits per heavy atom. The molecule has 0 aromatic carbocycles. The molecule has 6 nitrogen and oxygen atoms in total. The van der Waals surface area contributed by atoms with Crippen molar-refractivity contribution in [3.05, 3.63) is 0 Å². The third-order valence-corrected chi connectivity index (χ3v) is 10.9. The minimum absolute atomic E-state index is 0.0958. The van der Waals surface area contributed by atoms with Gasteiger partial charge in [0.25, 0.3) is 0 Å². The standard InChI is InChI=1S/C39H74N2O4/c1-13-15-17-19-21-23-25-40-35(3,4)27-31(28-36(40,5)6)44-33(42)39(11,12)34(43)45-32-29-37(7,8)41(38(9,10)30-32)26-24-22-20-18-16-14-2/h31-32H,13-30H2,1-12H3. The number of carbonyl (C=O) groups is 2. The van der Waals surface area contributed by atoms with Gasteiger partial charge in [0.2, 0.25) is 0 Å². The number of unbranched alkanes of at least 4 members (excludes halogenated alkanes) is 10. The van der Waals surface area contributed by atoms with Gasteiger partial charge >= 0.3 is 11.9 Å². The van der Waals surface area contributed by atoms with Crippen LogP contribution in [0, 0.1) is 5.41 Å². The summed E-state index contributed by atoms with van der Waals surface area (Å²) in [6.07, 6.45) is 18.0. The summed E-state index contributed by atoms with van der Waals surface area (Å²) in [5.41, 5.74) is -1.74. The van der Waals surface area contributed by atoms with Crippen LogP contribution in [0.1, 0.15) is 186 Å². The number of ether oxygens (including phenoxy) is 2. The van der Waals surface area contributed by atoms with Crippen molar-refractivity contribution in [1.29, 1.82) is 0 Å². The van der Waals surface area contributed by atoms with Crippen molar-refractivity contribution in [2.45, 2.75) is 220 Å². The van der Waals surface area contributed by atoms with Crippen LogP contribution in [0.15, 0.2) is 0 Å². The third-order valence-electron chi connectivity index (χ3n) is 10.9. The van der Waals surface area contributed by atoms with E-state index in [2.05, 4.69) is 79.0 Å². The highest BCUT2D eigenvalue weighted by atomic mass is 16.6. The Hall–Kier alpha value is -1.14. The highest BCUT2D eigenvalue weighted by Gasteiger charge is 2.50. The molecule has 2 heterocycles. The summed E-state index contributed by atoms with van der Waals surface area (Å²) in [6, 6.07) is 0. The summed E-state index contributed by atoms with van der Waals surface area (Å²) in [4.78, 5) is 32.4. The number of likely N-dealkylation sites (tertiary alicyclic amines) is 2. The molecular weight excluding hydrogens is 560 g/mol. The van der Waals surface area contributed by atoms with Gasteiger partial charge in [-0.1, -0.05) is 78.1 Å². The lowest BCUT2D eigenvalue weighted by atomic mass is 9.77. The van der Waals surface area contributed by atoms with Gasteiger partial charge in [0.1, 0.15) is 12.2 Å². The van der Waals surface area contributed by atoms with Crippen molar-refractivity contribution >= 4 is 11.9 Å². The van der Waals surface area contributed by atoms with Gasteiger partial charge in [-0.15, -0.1) is 0 Å². The molecule has 0 atom stereocenters. The molecule has 0 spiro atoms. The van der Waals surface area contributed by atoms with Crippen LogP contribution in [0.2, 0.25) is 0 Å². The van der Waals surface area contributed by atoms with Gasteiger partial charge in [0.05, 0.1) is 0 Å². The van der Waals surface area contributed by atoms with Gasteiger partial charge in [-0.3, -0.25) is 19.4 Å². The molecule has 2 rings (SSSR count). The molecule has 0 aromatic rings. The molecule has 0 bridgehead atoms. The van der Waals surface area contributed by atoms with Crippen molar-refractivity contribution in [3.63, 3.8) is 0 Å². The SMILES string of the molecule is CCCCCCCCN1C(C)(C)CC(OC(=O)C(C)(C)C(=O)OC2CC(C)(C)N(CCCCCCCC)C(C)(C)C2)CC1(C)C. The first kappa shape index (κ1) is 40.0. The van der Waals surface area contributed by atoms with Crippen LogP contribution in [-0.4, -0.2) is 69.2 Å². The average Bonchev–Trinajstić information content (AvgIpc) is 2.89. The van der Waals surface area contributed by atoms with E-state index < -0.39 is 17.4 Å². The van der Waals surface area contributed by atoms with Crippen molar-refractivity contribution in [1.82, 2.24) is 9.80 Å². The van der Waals surface area contributed by atoms with E-state index in [1.165, 1.54) is 77.0 Å². The van der Waals surface area contributed by atoms with Crippen molar-refractivity contribution < 1.29 is 19.1 Å². The predicted octanol–water partition coefficient (Wildman–Crippen LogP) is 9.86. The van der Waals surface area contributed by atoms with E-state index in [4.69, 9.17) is 9.47 Å². The molecule has 6 heteroatoms. The average molecular weight is 635 g/mol. The predicted molar refractivity (Wildman–Crippen MR) is 188 cm³/mol. The van der Waals surface area contributed by atoms with E-state index in [-0.39, 0.29) is 34.4 Å². The number of piperidine rings is 2. The molecule has 0 radical (unpaired) electrons. The summed E-state index contributed by atoms with van der Waals surface area (Å²) >= 11 is 0. The molecule has 2 aliphatic rings. The topological polar surface area (TPSA) is 59.1 Å². The Bertz CT molecular complexity index is 814. The summed E-state index contributed by atoms with van der Waals surface area (Å²) in [5.74, 6) is -0.931. The molecule has 264 valence electrons. The molecule has 0 amide bonds. The van der Waals surface area contributed by atoms with Crippen LogP contribution in [0.5, 0.6) is 0 Å². The lowest BCUT2D eigenvalue weighted by Crippen LogP contribution is -2.63. The number of hydrogen-bond donors (Lipinski definition) is 0. The van der Waals surface area contributed by atoms with E-state index in [0.29, 0.717) is 0 Å². The van der Waals surface area contributed by atoms with Crippen LogP contribution in [0.4, 0.5) is 0 Å². The van der Waals surface area contributed by atoms with Gasteiger partial charge in [-0.2, -0.15) is 0 Å². The molecule has 0 aliphatic carbocycles. The van der Waals surface area contributed by atoms with E-state index >= 15 is 0 Å². The van der Waals surface area contributed by atoms with Crippen molar-refractivity contribution in [2.24, 2.45) is 5.41 Å². The minimum atomic E-state index is -1.35. The number of esters is 2. The Labute approximate surface area is 279 Å². The molecule has 0 N–H and O–H groups in total. The molecule has 45 heavy (non-hydrogen) atoms. The number of nitrogens with zero attached hydrogens (tertiary/aromatic N) is 2. The fraction of sp³-hybridized carbons (Fsp3) is 0.949. The summed E-state index contributed by atoms with van der Waals surface area (Å²) in [6.45, 7) is 28.2. The van der Waals surface area contributed by atoms with Gasteiger partial charge in [-0.25, -0.2) is 0 Å². The fourth-order valence-electron chi connectivity index (χ4n) is 8.61. The minimum Gasteiger partial charge on any atom is -0.461 e. The monoisotopic (exact) mass is 635 g/mol. The first-order valence-corrected chi connectivity index (χ1v) is 18.8. The van der Waals surface area contributed by atoms with Gasteiger partial charge < -0.3 is 9.47 Å². The van der Waals surface area contributed by atoms with Crippen LogP contribution < -0.4 is 0 Å². The molecule has 2 saturated heterocycles. The number of carbonyl (C=O) groups excluding carboxylic acids is 2. The second-order valence-corrected chi connectivity index (χ2v) is 17.6. The third kappa shape index (κ3) is 11.5. The zero-order valence-electron chi connectivity index (χ0n) is 31.9. The van der Waals surface area contributed by atoms with Gasteiger partial charge in [0.15, 0.2) is 5.41 Å². The Morgan fingerprint density at radius 1 is 0.533 bits per heavy atom. The lowest BCUT2D eigenvalue weighted by molar-refractivity contribution is -0.185. The summed E-state index contributed by atoms with van der Waals surface area (Å²) in [5, 5.41) is 0. The first-order chi connectivity index (χ1) is 20.8. The van der Waals surface area contributed by atoms with Crippen LogP contribution in [0.25, 0.3) is 0 Å². The fourth-order valence-corrected chi connectivity index (χ4v) is 8.61. The second kappa shape index (κ2) is 16.8. The van der Waals surface area contributed by atoms with E-state index in [0.717, 1.165) is 38.8 Å². The Balaban J connectivity index is 1.95. The zero-order valence-corrected chi connectivity index (χ0v) is 31.9. The van der Waals surface area contributed by atoms with Crippen molar-refractivity contribution in [2.75, 3.05) is 13.1 Å². The van der Waals surface area contributed by atoms with E-state index in [9.17, 15) is 9.59 Å². The normalized spacial score (nSPS) is 22.3. The number of hydrogen-bond acceptors (Lipinski definition) is 6. The highest BCUT2D eigenvalue weighted by molar-refractivity contribution is 5.99. The Kier molecular flexibility index (Phi) is 14.9. The second-order valence-electron chi connectivity index (χ2n) is 17.6. The number of rotatable bonds is 18. The largest absolute Gasteiger partial charge is 0.461 e. The zero-order chi connectivity index (χ0) is 34.1. The maximum Gasteiger partial charge on any atom is 0.323 e. The van der Waals surface area contributed by atoms with Crippen molar-refractivity contribution in [3.8, 4) is 0 Å². The highest BCUT2D eigenvalue weighted by Crippen LogP contribution is 2.42. The maximum atomic E-state index is 13.6. The maximum absolute atomic E-state index is 13.6. The first-order valence-electron chi connectivity index (χ1n) is 18.8. The van der Waals surface area contributed by atoms with Crippen LogP contribution in [-0.2, 0) is 19.1 Å². The molecule has 0 aromatic heterocycles. The smallest absolute Gasteiger partial charge is 0.323 e. The molecule has 2 fully saturated rings. The molecular formula is C39H74N2O4. The van der Waals surface area contributed by atoms with E-state index in [1.54, 1.807) is 13.8 Å². The lowest BCUT2D eigenvalue weighted by Gasteiger charge is -2.55.